The largest absolute Gasteiger partial charge is 0.370 e. The van der Waals surface area contributed by atoms with Crippen molar-refractivity contribution < 1.29 is 0 Å². The minimum absolute atomic E-state index is 0.0773. The number of nitriles is 1. The molecular formula is C3H9N7S. The van der Waals surface area contributed by atoms with Gasteiger partial charge in [-0.05, 0) is 0 Å². The van der Waals surface area contributed by atoms with E-state index in [0.29, 0.717) is 11.9 Å². The van der Waals surface area contributed by atoms with Gasteiger partial charge in [-0.1, -0.05) is 0 Å². The van der Waals surface area contributed by atoms with E-state index in [2.05, 4.69) is 15.9 Å². The van der Waals surface area contributed by atoms with E-state index in [4.69, 9.17) is 22.1 Å². The van der Waals surface area contributed by atoms with E-state index in [1.165, 1.54) is 0 Å². The molecule has 0 spiro atoms. The van der Waals surface area contributed by atoms with Crippen LogP contribution >= 0.6 is 11.9 Å². The molecule has 0 aromatic rings. The van der Waals surface area contributed by atoms with Gasteiger partial charge in [0.1, 0.15) is 0 Å². The number of guanidine groups is 2. The Balaban J connectivity index is 0. The molecule has 0 bridgehead atoms. The van der Waals surface area contributed by atoms with Crippen LogP contribution in [0.15, 0.2) is 4.40 Å². The second-order valence-corrected chi connectivity index (χ2v) is 1.70. The van der Waals surface area contributed by atoms with Crippen molar-refractivity contribution in [1.29, 1.82) is 10.7 Å². The number of rotatable bonds is 1. The van der Waals surface area contributed by atoms with Crippen LogP contribution in [0.2, 0.25) is 0 Å². The minimum atomic E-state index is -0.333. The number of nitrogens with one attached hydrogen (secondary N) is 1. The highest BCUT2D eigenvalue weighted by Crippen LogP contribution is 1.93. The summed E-state index contributed by atoms with van der Waals surface area (Å²) in [7, 11) is 0. The highest BCUT2D eigenvalue weighted by atomic mass is 32.2. The van der Waals surface area contributed by atoms with Crippen molar-refractivity contribution in [3.05, 3.63) is 0 Å². The number of hydrogen-bond donors (Lipinski definition) is 5. The van der Waals surface area contributed by atoms with Crippen LogP contribution in [0.4, 0.5) is 0 Å². The van der Waals surface area contributed by atoms with Crippen molar-refractivity contribution in [3.8, 4) is 5.40 Å². The Morgan fingerprint density at radius 3 is 1.82 bits per heavy atom. The molecule has 0 saturated carbocycles. The Labute approximate surface area is 68.1 Å². The second kappa shape index (κ2) is 8.38. The first-order chi connectivity index (χ1) is 5.00. The Morgan fingerprint density at radius 1 is 1.36 bits per heavy atom. The van der Waals surface area contributed by atoms with Crippen molar-refractivity contribution in [1.82, 2.24) is 0 Å². The van der Waals surface area contributed by atoms with Crippen LogP contribution < -0.4 is 22.9 Å². The van der Waals surface area contributed by atoms with Crippen LogP contribution in [0, 0.1) is 16.1 Å². The van der Waals surface area contributed by atoms with Crippen LogP contribution in [-0.4, -0.2) is 11.9 Å². The molecule has 0 aromatic carbocycles. The average molecular weight is 175 g/mol. The number of nitrogens with zero attached hydrogens (tertiary/aromatic N) is 2. The van der Waals surface area contributed by atoms with Crippen LogP contribution in [-0.2, 0) is 0 Å². The minimum Gasteiger partial charge on any atom is -0.370 e. The summed E-state index contributed by atoms with van der Waals surface area (Å²) >= 11 is 0.660. The van der Waals surface area contributed by atoms with Gasteiger partial charge in [0.15, 0.2) is 17.3 Å². The molecule has 0 aliphatic rings. The first kappa shape index (κ1) is 12.1. The molecule has 9 N–H and O–H groups in total. The van der Waals surface area contributed by atoms with Crippen molar-refractivity contribution in [2.45, 2.75) is 0 Å². The molecule has 0 radical (unpaired) electrons. The van der Waals surface area contributed by atoms with Gasteiger partial charge in [0.2, 0.25) is 0 Å². The van der Waals surface area contributed by atoms with Crippen LogP contribution in [0.1, 0.15) is 0 Å². The maximum absolute atomic E-state index is 7.81. The summed E-state index contributed by atoms with van der Waals surface area (Å²) in [5, 5.41) is 15.5. The maximum atomic E-state index is 7.81. The molecule has 0 atom stereocenters. The predicted octanol–water partition coefficient (Wildman–Crippen LogP) is -1.77. The monoisotopic (exact) mass is 175 g/mol. The van der Waals surface area contributed by atoms with Gasteiger partial charge in [0.05, 0.1) is 11.9 Å². The van der Waals surface area contributed by atoms with Gasteiger partial charge in [-0.3, -0.25) is 5.41 Å². The van der Waals surface area contributed by atoms with Crippen molar-refractivity contribution in [2.24, 2.45) is 27.3 Å². The zero-order valence-electron chi connectivity index (χ0n) is 5.61. The summed E-state index contributed by atoms with van der Waals surface area (Å²) in [5.41, 5.74) is 18.6. The van der Waals surface area contributed by atoms with Gasteiger partial charge in [-0.25, -0.2) is 0 Å². The number of thiocyanates is 1. The van der Waals surface area contributed by atoms with E-state index in [9.17, 15) is 0 Å². The first-order valence-corrected chi connectivity index (χ1v) is 3.01. The molecule has 0 unspecified atom stereocenters. The van der Waals surface area contributed by atoms with Gasteiger partial charge >= 0.3 is 0 Å². The molecule has 11 heavy (non-hydrogen) atoms. The molecule has 0 aliphatic carbocycles. The molecule has 0 rings (SSSR count). The molecule has 0 aliphatic heterocycles. The van der Waals surface area contributed by atoms with Gasteiger partial charge in [0, 0.05) is 0 Å². The standard InChI is InChI=1S/C2H4N4S.CH5N3/c3-1-7-6-2(4)5;2-1(3)4/h(H4,4,5,6);(H5,2,3,4). The van der Waals surface area contributed by atoms with Gasteiger partial charge in [-0.15, -0.1) is 0 Å². The highest BCUT2D eigenvalue weighted by molar-refractivity contribution is 8.02. The Hall–Kier alpha value is -1.62. The Bertz CT molecular complexity index is 171. The van der Waals surface area contributed by atoms with Gasteiger partial charge < -0.3 is 22.9 Å². The topological polar surface area (TPSA) is 164 Å². The lowest BCUT2D eigenvalue weighted by Crippen LogP contribution is -2.21. The third-order valence-corrected chi connectivity index (χ3v) is 0.576. The van der Waals surface area contributed by atoms with Crippen molar-refractivity contribution in [3.63, 3.8) is 0 Å². The molecule has 0 aromatic heterocycles. The summed E-state index contributed by atoms with van der Waals surface area (Å²) in [6, 6.07) is 0. The summed E-state index contributed by atoms with van der Waals surface area (Å²) in [5.74, 6) is -0.411. The lowest BCUT2D eigenvalue weighted by molar-refractivity contribution is 1.39. The molecule has 0 saturated heterocycles. The lowest BCUT2D eigenvalue weighted by Gasteiger charge is -1.79. The van der Waals surface area contributed by atoms with E-state index in [0.717, 1.165) is 0 Å². The number of hydrogen-bond acceptors (Lipinski definition) is 4. The molecule has 8 heteroatoms. The van der Waals surface area contributed by atoms with Crippen LogP contribution in [0.5, 0.6) is 0 Å². The summed E-state index contributed by atoms with van der Waals surface area (Å²) in [6.07, 6.45) is 0. The third kappa shape index (κ3) is 60.2. The van der Waals surface area contributed by atoms with E-state index < -0.39 is 0 Å². The fourth-order valence-electron chi connectivity index (χ4n) is 0.0731. The zero-order valence-corrected chi connectivity index (χ0v) is 6.43. The van der Waals surface area contributed by atoms with E-state index in [1.54, 1.807) is 5.40 Å². The van der Waals surface area contributed by atoms with E-state index in [-0.39, 0.29) is 11.9 Å². The van der Waals surface area contributed by atoms with Crippen molar-refractivity contribution in [2.75, 3.05) is 0 Å². The maximum Gasteiger partial charge on any atom is 0.198 e. The molecule has 0 amide bonds. The Morgan fingerprint density at radius 2 is 1.73 bits per heavy atom. The average Bonchev–Trinajstić information content (AvgIpc) is 1.82. The Kier molecular flexibility index (Phi) is 9.21. The molecule has 62 valence electrons. The predicted molar refractivity (Wildman–Crippen MR) is 45.1 cm³/mol. The SMILES string of the molecule is N#CSN=C(N)N.N=C(N)N. The summed E-state index contributed by atoms with van der Waals surface area (Å²) in [6.45, 7) is 0. The van der Waals surface area contributed by atoms with Crippen molar-refractivity contribution >= 4 is 23.9 Å². The highest BCUT2D eigenvalue weighted by Gasteiger charge is 1.74. The lowest BCUT2D eigenvalue weighted by atomic mass is 11.1. The quantitative estimate of drug-likeness (QED) is 0.137. The summed E-state index contributed by atoms with van der Waals surface area (Å²) < 4.78 is 3.27. The molecular weight excluding hydrogens is 166 g/mol. The fraction of sp³-hybridized carbons (Fsp3) is 0. The smallest absolute Gasteiger partial charge is 0.198 e. The second-order valence-electron chi connectivity index (χ2n) is 1.15. The van der Waals surface area contributed by atoms with E-state index in [1.807, 2.05) is 0 Å². The molecule has 0 heterocycles. The normalized spacial score (nSPS) is 6.45. The fourth-order valence-corrected chi connectivity index (χ4v) is 0.219. The molecule has 7 nitrogen and oxygen atoms in total. The van der Waals surface area contributed by atoms with E-state index >= 15 is 0 Å². The van der Waals surface area contributed by atoms with Gasteiger partial charge in [0.25, 0.3) is 0 Å². The molecule has 0 fully saturated rings. The van der Waals surface area contributed by atoms with Gasteiger partial charge in [-0.2, -0.15) is 9.66 Å². The third-order valence-electron chi connectivity index (χ3n) is 0.192. The van der Waals surface area contributed by atoms with Crippen LogP contribution in [0.3, 0.4) is 0 Å². The van der Waals surface area contributed by atoms with Crippen LogP contribution in [0.25, 0.3) is 0 Å². The zero-order chi connectivity index (χ0) is 9.28. The summed E-state index contributed by atoms with van der Waals surface area (Å²) in [4.78, 5) is 0. The first-order valence-electron chi connectivity index (χ1n) is 2.24. The number of nitrogens with two attached hydrogens (primary N) is 4.